The average molecular weight is 363 g/mol. The largest absolute Gasteiger partial charge is 0.382 e. The van der Waals surface area contributed by atoms with Gasteiger partial charge in [0.2, 0.25) is 0 Å². The smallest absolute Gasteiger partial charge is 0.133 e. The zero-order valence-corrected chi connectivity index (χ0v) is 16.2. The molecule has 0 amide bonds. The summed E-state index contributed by atoms with van der Waals surface area (Å²) >= 11 is 0. The van der Waals surface area contributed by atoms with Crippen LogP contribution in [-0.2, 0) is 9.47 Å². The molecule has 0 N–H and O–H groups in total. The van der Waals surface area contributed by atoms with Gasteiger partial charge < -0.3 is 14.4 Å². The monoisotopic (exact) mass is 362 g/mol. The van der Waals surface area contributed by atoms with E-state index >= 15 is 0 Å². The highest BCUT2D eigenvalue weighted by Crippen LogP contribution is 2.43. The van der Waals surface area contributed by atoms with Crippen LogP contribution in [0.2, 0.25) is 0 Å². The molecule has 1 aromatic carbocycles. The molecular formula is C20H27ClN2O2. The molecule has 0 spiro atoms. The van der Waals surface area contributed by atoms with Crippen LogP contribution in [0, 0.1) is 5.41 Å². The fourth-order valence-corrected chi connectivity index (χ4v) is 3.02. The Labute approximate surface area is 156 Å². The minimum atomic E-state index is 0. The number of allylic oxidation sites excluding steroid dienone is 2. The molecule has 3 rings (SSSR count). The third-order valence-electron chi connectivity index (χ3n) is 4.93. The Morgan fingerprint density at radius 1 is 1.16 bits per heavy atom. The molecule has 1 aromatic rings. The van der Waals surface area contributed by atoms with Crippen LogP contribution in [0.15, 0.2) is 53.2 Å². The van der Waals surface area contributed by atoms with Gasteiger partial charge in [-0.15, -0.1) is 12.4 Å². The van der Waals surface area contributed by atoms with Crippen molar-refractivity contribution in [2.75, 3.05) is 27.1 Å². The first-order valence-corrected chi connectivity index (χ1v) is 8.45. The van der Waals surface area contributed by atoms with Crippen molar-refractivity contribution in [1.29, 1.82) is 0 Å². The minimum absolute atomic E-state index is 0. The third-order valence-corrected chi connectivity index (χ3v) is 4.93. The summed E-state index contributed by atoms with van der Waals surface area (Å²) in [6.07, 6.45) is 4.42. The van der Waals surface area contributed by atoms with Gasteiger partial charge in [0.1, 0.15) is 12.6 Å². The van der Waals surface area contributed by atoms with Crippen LogP contribution in [0.5, 0.6) is 0 Å². The molecule has 1 unspecified atom stereocenters. The molecule has 0 fully saturated rings. The number of hydrogen-bond acceptors (Lipinski definition) is 4. The first-order valence-electron chi connectivity index (χ1n) is 8.45. The number of fused-ring (bicyclic) bond motifs is 1. The Balaban J connectivity index is 0.00000225. The quantitative estimate of drug-likeness (QED) is 0.713. The van der Waals surface area contributed by atoms with Crippen molar-refractivity contribution >= 4 is 23.8 Å². The molecule has 0 aliphatic carbocycles. The summed E-state index contributed by atoms with van der Waals surface area (Å²) in [5.74, 6) is 1.03. The van der Waals surface area contributed by atoms with Crippen LogP contribution >= 0.6 is 12.4 Å². The normalized spacial score (nSPS) is 21.0. The van der Waals surface area contributed by atoms with Crippen molar-refractivity contribution in [1.82, 2.24) is 4.90 Å². The highest BCUT2D eigenvalue weighted by molar-refractivity contribution is 6.07. The Bertz CT molecular complexity index is 680. The summed E-state index contributed by atoms with van der Waals surface area (Å²) in [4.78, 5) is 7.01. The van der Waals surface area contributed by atoms with Gasteiger partial charge in [-0.2, -0.15) is 0 Å². The van der Waals surface area contributed by atoms with Crippen LogP contribution in [0.4, 0.5) is 0 Å². The van der Waals surface area contributed by atoms with Crippen molar-refractivity contribution < 1.29 is 9.47 Å². The van der Waals surface area contributed by atoms with Crippen molar-refractivity contribution in [3.63, 3.8) is 0 Å². The lowest BCUT2D eigenvalue weighted by Gasteiger charge is -2.31. The van der Waals surface area contributed by atoms with E-state index in [4.69, 9.17) is 14.5 Å². The maximum atomic E-state index is 5.76. The molecule has 0 bridgehead atoms. The molecule has 0 aromatic heterocycles. The minimum Gasteiger partial charge on any atom is -0.382 e. The number of aliphatic imine (C=N–C) groups is 1. The number of rotatable bonds is 6. The number of amidine groups is 1. The van der Waals surface area contributed by atoms with E-state index in [0.29, 0.717) is 19.9 Å². The summed E-state index contributed by atoms with van der Waals surface area (Å²) in [6.45, 7) is 8.36. The first kappa shape index (κ1) is 19.7. The van der Waals surface area contributed by atoms with Gasteiger partial charge in [0.15, 0.2) is 0 Å². The second-order valence-corrected chi connectivity index (χ2v) is 6.86. The van der Waals surface area contributed by atoms with Crippen molar-refractivity contribution in [3.05, 3.63) is 53.7 Å². The van der Waals surface area contributed by atoms with E-state index < -0.39 is 0 Å². The number of nitrogens with zero attached hydrogens (tertiary/aromatic N) is 2. The Hall–Kier alpha value is -1.62. The lowest BCUT2D eigenvalue weighted by Crippen LogP contribution is -2.34. The van der Waals surface area contributed by atoms with E-state index in [1.54, 1.807) is 7.11 Å². The van der Waals surface area contributed by atoms with Crippen LogP contribution in [-0.4, -0.2) is 43.8 Å². The van der Waals surface area contributed by atoms with Gasteiger partial charge in [0.25, 0.3) is 0 Å². The van der Waals surface area contributed by atoms with Crippen molar-refractivity contribution in [2.24, 2.45) is 10.4 Å². The van der Waals surface area contributed by atoms with E-state index in [9.17, 15) is 0 Å². The van der Waals surface area contributed by atoms with Crippen LogP contribution in [0.3, 0.4) is 0 Å². The van der Waals surface area contributed by atoms with E-state index in [-0.39, 0.29) is 23.9 Å². The Morgan fingerprint density at radius 2 is 1.88 bits per heavy atom. The predicted octanol–water partition coefficient (Wildman–Crippen LogP) is 4.14. The second-order valence-electron chi connectivity index (χ2n) is 6.86. The number of ether oxygens (including phenoxy) is 2. The standard InChI is InChI=1S/C20H26N2O2.ClH/c1-15-20(2,3)18-12-17(16-8-6-5-7-9-16)13-22(19(18)21-15)14-24-11-10-23-4;/h5-9,12-13,15H,10-11,14H2,1-4H3;1H. The molecule has 4 nitrogen and oxygen atoms in total. The van der Waals surface area contributed by atoms with E-state index in [1.807, 2.05) is 6.07 Å². The average Bonchev–Trinajstić information content (AvgIpc) is 2.82. The van der Waals surface area contributed by atoms with Crippen molar-refractivity contribution in [3.8, 4) is 0 Å². The van der Waals surface area contributed by atoms with Gasteiger partial charge in [-0.1, -0.05) is 44.2 Å². The molecule has 0 saturated carbocycles. The Kier molecular flexibility index (Phi) is 6.44. The third kappa shape index (κ3) is 3.97. The SMILES string of the molecule is COCCOCN1C=C(c2ccccc2)C=C2C1=NC(C)C2(C)C.Cl. The summed E-state index contributed by atoms with van der Waals surface area (Å²) in [5, 5.41) is 0. The molecule has 25 heavy (non-hydrogen) atoms. The van der Waals surface area contributed by atoms with E-state index in [0.717, 1.165) is 5.84 Å². The zero-order chi connectivity index (χ0) is 17.2. The fraction of sp³-hybridized carbons (Fsp3) is 0.450. The van der Waals surface area contributed by atoms with Gasteiger partial charge in [-0.05, 0) is 24.1 Å². The maximum Gasteiger partial charge on any atom is 0.133 e. The molecule has 1 atom stereocenters. The van der Waals surface area contributed by atoms with Crippen molar-refractivity contribution in [2.45, 2.75) is 26.8 Å². The molecule has 2 aliphatic heterocycles. The lowest BCUT2D eigenvalue weighted by atomic mass is 9.78. The molecule has 0 saturated heterocycles. The summed E-state index contributed by atoms with van der Waals surface area (Å²) in [5.41, 5.74) is 3.71. The number of methoxy groups -OCH3 is 1. The zero-order valence-electron chi connectivity index (χ0n) is 15.4. The highest BCUT2D eigenvalue weighted by Gasteiger charge is 2.41. The maximum absolute atomic E-state index is 5.76. The number of hydrogen-bond donors (Lipinski definition) is 0. The summed E-state index contributed by atoms with van der Waals surface area (Å²) in [7, 11) is 1.68. The van der Waals surface area contributed by atoms with Gasteiger partial charge in [0.05, 0.1) is 19.3 Å². The van der Waals surface area contributed by atoms with Gasteiger partial charge in [0, 0.05) is 24.3 Å². The molecule has 2 aliphatic rings. The van der Waals surface area contributed by atoms with Crippen LogP contribution in [0.25, 0.3) is 5.57 Å². The molecule has 0 radical (unpaired) electrons. The predicted molar refractivity (Wildman–Crippen MR) is 105 cm³/mol. The van der Waals surface area contributed by atoms with Gasteiger partial charge in [-0.25, -0.2) is 0 Å². The van der Waals surface area contributed by atoms with E-state index in [1.165, 1.54) is 16.7 Å². The molecule has 2 heterocycles. The lowest BCUT2D eigenvalue weighted by molar-refractivity contribution is 0.0407. The summed E-state index contributed by atoms with van der Waals surface area (Å²) in [6, 6.07) is 10.7. The van der Waals surface area contributed by atoms with Gasteiger partial charge >= 0.3 is 0 Å². The van der Waals surface area contributed by atoms with Crippen LogP contribution in [0.1, 0.15) is 26.3 Å². The van der Waals surface area contributed by atoms with Gasteiger partial charge in [-0.3, -0.25) is 4.99 Å². The van der Waals surface area contributed by atoms with Crippen LogP contribution < -0.4 is 0 Å². The molecular weight excluding hydrogens is 336 g/mol. The molecule has 5 heteroatoms. The topological polar surface area (TPSA) is 34.1 Å². The number of benzene rings is 1. The van der Waals surface area contributed by atoms with E-state index in [2.05, 4.69) is 62.2 Å². The Morgan fingerprint density at radius 3 is 2.56 bits per heavy atom. The highest BCUT2D eigenvalue weighted by atomic mass is 35.5. The fourth-order valence-electron chi connectivity index (χ4n) is 3.02. The second kappa shape index (κ2) is 8.17. The number of halogens is 1. The molecule has 136 valence electrons. The summed E-state index contributed by atoms with van der Waals surface area (Å²) < 4.78 is 10.8. The first-order chi connectivity index (χ1) is 11.5.